The number of hydrogen-bond acceptors (Lipinski definition) is 5. The van der Waals surface area contributed by atoms with E-state index in [0.717, 1.165) is 0 Å². The molecule has 0 N–H and O–H groups in total. The number of ketones is 1. The quantitative estimate of drug-likeness (QED) is 0.528. The Balaban J connectivity index is 1.91. The molecular formula is C21H23NO5. The molecule has 0 heterocycles. The van der Waals surface area contributed by atoms with E-state index in [0.29, 0.717) is 16.9 Å². The number of ether oxygens (including phenoxy) is 2. The number of benzene rings is 2. The van der Waals surface area contributed by atoms with E-state index in [2.05, 4.69) is 0 Å². The first-order valence-electron chi connectivity index (χ1n) is 8.58. The minimum atomic E-state index is -0.983. The molecule has 0 aliphatic carbocycles. The fraction of sp³-hybridized carbons (Fsp3) is 0.286. The number of hydrogen-bond donors (Lipinski definition) is 0. The highest BCUT2D eigenvalue weighted by atomic mass is 16.6. The van der Waals surface area contributed by atoms with Crippen LogP contribution in [0.5, 0.6) is 5.75 Å². The molecule has 0 spiro atoms. The van der Waals surface area contributed by atoms with E-state index in [1.165, 1.54) is 11.8 Å². The summed E-state index contributed by atoms with van der Waals surface area (Å²) in [6.07, 6.45) is -0.984. The molecule has 27 heavy (non-hydrogen) atoms. The summed E-state index contributed by atoms with van der Waals surface area (Å²) in [6.45, 7) is 1.60. The predicted molar refractivity (Wildman–Crippen MR) is 101 cm³/mol. The van der Waals surface area contributed by atoms with Gasteiger partial charge in [-0.1, -0.05) is 30.3 Å². The molecule has 2 aromatic carbocycles. The van der Waals surface area contributed by atoms with Gasteiger partial charge < -0.3 is 14.4 Å². The van der Waals surface area contributed by atoms with Crippen molar-refractivity contribution in [3.8, 4) is 5.75 Å². The second-order valence-electron chi connectivity index (χ2n) is 6.19. The first-order valence-corrected chi connectivity index (χ1v) is 8.58. The summed E-state index contributed by atoms with van der Waals surface area (Å²) in [7, 11) is 3.22. The highest BCUT2D eigenvalue weighted by Gasteiger charge is 2.26. The van der Waals surface area contributed by atoms with Crippen LogP contribution in [0.3, 0.4) is 0 Å². The van der Waals surface area contributed by atoms with Gasteiger partial charge in [0.1, 0.15) is 5.75 Å². The van der Waals surface area contributed by atoms with E-state index < -0.39 is 12.1 Å². The first kappa shape index (κ1) is 20.2. The molecule has 0 saturated heterocycles. The number of carbonyl (C=O) groups is 3. The Bertz CT molecular complexity index is 784. The van der Waals surface area contributed by atoms with Gasteiger partial charge in [0.25, 0.3) is 5.91 Å². The number of rotatable bonds is 8. The third-order valence-corrected chi connectivity index (χ3v) is 3.85. The summed E-state index contributed by atoms with van der Waals surface area (Å²) in [5.74, 6) is -0.311. The first-order chi connectivity index (χ1) is 12.9. The molecule has 0 saturated carbocycles. The maximum Gasteiger partial charge on any atom is 0.310 e. The van der Waals surface area contributed by atoms with Crippen LogP contribution in [0.1, 0.15) is 35.4 Å². The van der Waals surface area contributed by atoms with Gasteiger partial charge in [-0.25, -0.2) is 0 Å². The molecule has 6 nitrogen and oxygen atoms in total. The maximum absolute atomic E-state index is 12.4. The van der Waals surface area contributed by atoms with E-state index in [1.54, 1.807) is 62.6 Å². The van der Waals surface area contributed by atoms with Crippen LogP contribution in [0.2, 0.25) is 0 Å². The highest BCUT2D eigenvalue weighted by Crippen LogP contribution is 2.20. The Morgan fingerprint density at radius 2 is 1.59 bits per heavy atom. The lowest BCUT2D eigenvalue weighted by Crippen LogP contribution is -2.31. The summed E-state index contributed by atoms with van der Waals surface area (Å²) in [5, 5.41) is 0. The summed E-state index contributed by atoms with van der Waals surface area (Å²) >= 11 is 0. The van der Waals surface area contributed by atoms with Crippen molar-refractivity contribution in [3.05, 3.63) is 65.7 Å². The molecule has 1 atom stereocenters. The van der Waals surface area contributed by atoms with Crippen LogP contribution in [0, 0.1) is 0 Å². The second kappa shape index (κ2) is 9.52. The van der Waals surface area contributed by atoms with Crippen molar-refractivity contribution >= 4 is 17.7 Å². The van der Waals surface area contributed by atoms with Gasteiger partial charge in [-0.05, 0) is 31.2 Å². The molecule has 0 radical (unpaired) electrons. The Morgan fingerprint density at radius 1 is 0.963 bits per heavy atom. The number of nitrogens with zero attached hydrogens (tertiary/aromatic N) is 1. The topological polar surface area (TPSA) is 72.9 Å². The predicted octanol–water partition coefficient (Wildman–Crippen LogP) is 3.03. The lowest BCUT2D eigenvalue weighted by molar-refractivity contribution is -0.160. The van der Waals surface area contributed by atoms with Gasteiger partial charge >= 0.3 is 5.97 Å². The van der Waals surface area contributed by atoms with Crippen LogP contribution < -0.4 is 4.74 Å². The zero-order chi connectivity index (χ0) is 19.8. The third kappa shape index (κ3) is 5.95. The average Bonchev–Trinajstić information content (AvgIpc) is 2.66. The van der Waals surface area contributed by atoms with Gasteiger partial charge in [0.05, 0.1) is 13.0 Å². The lowest BCUT2D eigenvalue weighted by atomic mass is 10.1. The van der Waals surface area contributed by atoms with Crippen LogP contribution in [-0.4, -0.2) is 43.3 Å². The molecular weight excluding hydrogens is 346 g/mol. The monoisotopic (exact) mass is 369 g/mol. The zero-order valence-corrected chi connectivity index (χ0v) is 15.7. The van der Waals surface area contributed by atoms with Gasteiger partial charge in [0.2, 0.25) is 6.10 Å². The Kier molecular flexibility index (Phi) is 7.11. The van der Waals surface area contributed by atoms with Crippen LogP contribution in [-0.2, 0) is 14.3 Å². The third-order valence-electron chi connectivity index (χ3n) is 3.85. The van der Waals surface area contributed by atoms with Crippen LogP contribution in [0.25, 0.3) is 0 Å². The standard InChI is InChI=1S/C21H23NO5/c1-15(23)16-9-11-18(12-10-16)26-14-13-19(24)27-20(21(25)22(2)3)17-7-5-4-6-8-17/h4-12,20H,13-14H2,1-3H3. The van der Waals surface area contributed by atoms with E-state index in [9.17, 15) is 14.4 Å². The van der Waals surface area contributed by atoms with Gasteiger partial charge in [-0.3, -0.25) is 14.4 Å². The fourth-order valence-electron chi connectivity index (χ4n) is 2.35. The number of esters is 1. The highest BCUT2D eigenvalue weighted by molar-refractivity contribution is 5.94. The number of likely N-dealkylation sites (N-methyl/N-ethyl adjacent to an activating group) is 1. The zero-order valence-electron chi connectivity index (χ0n) is 15.7. The van der Waals surface area contributed by atoms with Crippen molar-refractivity contribution in [2.45, 2.75) is 19.4 Å². The van der Waals surface area contributed by atoms with Gasteiger partial charge in [-0.2, -0.15) is 0 Å². The minimum Gasteiger partial charge on any atom is -0.493 e. The maximum atomic E-state index is 12.4. The largest absolute Gasteiger partial charge is 0.493 e. The van der Waals surface area contributed by atoms with Crippen LogP contribution >= 0.6 is 0 Å². The van der Waals surface area contributed by atoms with Gasteiger partial charge in [0.15, 0.2) is 5.78 Å². The second-order valence-corrected chi connectivity index (χ2v) is 6.19. The van der Waals surface area contributed by atoms with E-state index >= 15 is 0 Å². The number of amides is 1. The van der Waals surface area contributed by atoms with Crippen molar-refractivity contribution in [2.75, 3.05) is 20.7 Å². The summed E-state index contributed by atoms with van der Waals surface area (Å²) in [4.78, 5) is 37.2. The van der Waals surface area contributed by atoms with E-state index in [-0.39, 0.29) is 24.7 Å². The molecule has 2 aromatic rings. The molecule has 142 valence electrons. The SMILES string of the molecule is CC(=O)c1ccc(OCCC(=O)OC(C(=O)N(C)C)c2ccccc2)cc1. The van der Waals surface area contributed by atoms with Crippen molar-refractivity contribution in [1.29, 1.82) is 0 Å². The normalized spacial score (nSPS) is 11.4. The summed E-state index contributed by atoms with van der Waals surface area (Å²) in [6, 6.07) is 15.6. The smallest absolute Gasteiger partial charge is 0.310 e. The molecule has 0 aliphatic rings. The van der Waals surface area contributed by atoms with E-state index in [4.69, 9.17) is 9.47 Å². The molecule has 0 aliphatic heterocycles. The lowest BCUT2D eigenvalue weighted by Gasteiger charge is -2.21. The average molecular weight is 369 g/mol. The van der Waals surface area contributed by atoms with Gasteiger partial charge in [-0.15, -0.1) is 0 Å². The minimum absolute atomic E-state index is 0.00149. The van der Waals surface area contributed by atoms with Crippen molar-refractivity contribution in [2.24, 2.45) is 0 Å². The van der Waals surface area contributed by atoms with Crippen LogP contribution in [0.4, 0.5) is 0 Å². The van der Waals surface area contributed by atoms with Crippen LogP contribution in [0.15, 0.2) is 54.6 Å². The Hall–Kier alpha value is -3.15. The molecule has 0 bridgehead atoms. The molecule has 0 fully saturated rings. The van der Waals surface area contributed by atoms with E-state index in [1.807, 2.05) is 6.07 Å². The molecule has 1 unspecified atom stereocenters. The van der Waals surface area contributed by atoms with Gasteiger partial charge in [0, 0.05) is 25.2 Å². The Labute approximate surface area is 158 Å². The van der Waals surface area contributed by atoms with Crippen molar-refractivity contribution in [3.63, 3.8) is 0 Å². The van der Waals surface area contributed by atoms with Crippen molar-refractivity contribution in [1.82, 2.24) is 4.90 Å². The molecule has 6 heteroatoms. The fourth-order valence-corrected chi connectivity index (χ4v) is 2.35. The number of carbonyl (C=O) groups excluding carboxylic acids is 3. The Morgan fingerprint density at radius 3 is 2.15 bits per heavy atom. The molecule has 0 aromatic heterocycles. The summed E-state index contributed by atoms with van der Waals surface area (Å²) < 4.78 is 10.9. The van der Waals surface area contributed by atoms with Crippen molar-refractivity contribution < 1.29 is 23.9 Å². The summed E-state index contributed by atoms with van der Waals surface area (Å²) in [5.41, 5.74) is 1.21. The number of Topliss-reactive ketones (excluding diaryl/α,β-unsaturated/α-hetero) is 1. The molecule has 1 amide bonds. The molecule has 2 rings (SSSR count).